The lowest BCUT2D eigenvalue weighted by Crippen LogP contribution is -2.31. The Hall–Kier alpha value is -0.0800. The molecule has 0 saturated heterocycles. The third-order valence-electron chi connectivity index (χ3n) is 2.44. The average Bonchev–Trinajstić information content (AvgIpc) is 2.15. The van der Waals surface area contributed by atoms with Gasteiger partial charge in [-0.25, -0.2) is 0 Å². The van der Waals surface area contributed by atoms with Gasteiger partial charge in [0.05, 0.1) is 0 Å². The third kappa shape index (κ3) is 7.34. The van der Waals surface area contributed by atoms with Crippen LogP contribution in [0, 0.1) is 0 Å². The second-order valence-electron chi connectivity index (χ2n) is 4.14. The molecule has 0 spiro atoms. The summed E-state index contributed by atoms with van der Waals surface area (Å²) in [4.78, 5) is 2.19. The Morgan fingerprint density at radius 1 is 1.00 bits per heavy atom. The summed E-state index contributed by atoms with van der Waals surface area (Å²) < 4.78 is 5.82. The Kier molecular flexibility index (Phi) is 9.42. The van der Waals surface area contributed by atoms with Crippen LogP contribution in [0.5, 0.6) is 0 Å². The number of nitrogens with zero attached hydrogens (tertiary/aromatic N) is 1. The minimum absolute atomic E-state index is 0.327. The van der Waals surface area contributed by atoms with Crippen LogP contribution >= 0.6 is 0 Å². The van der Waals surface area contributed by atoms with Crippen LogP contribution in [-0.2, 0) is 4.74 Å². The Bertz CT molecular complexity index is 105. The molecule has 2 nitrogen and oxygen atoms in total. The fourth-order valence-corrected chi connectivity index (χ4v) is 1.42. The molecule has 2 heteroatoms. The van der Waals surface area contributed by atoms with Crippen LogP contribution < -0.4 is 0 Å². The SMILES string of the molecule is CCCCCC(OCCCC)N(C)C. The molecule has 0 aromatic rings. The van der Waals surface area contributed by atoms with Gasteiger partial charge in [-0.2, -0.15) is 0 Å². The number of rotatable bonds is 9. The molecule has 0 rings (SSSR count). The van der Waals surface area contributed by atoms with E-state index in [0.29, 0.717) is 6.23 Å². The molecule has 0 aliphatic heterocycles. The van der Waals surface area contributed by atoms with Gasteiger partial charge in [0.1, 0.15) is 6.23 Å². The minimum Gasteiger partial charge on any atom is -0.363 e. The molecule has 0 aromatic carbocycles. The maximum atomic E-state index is 5.82. The maximum Gasteiger partial charge on any atom is 0.110 e. The summed E-state index contributed by atoms with van der Waals surface area (Å²) in [6, 6.07) is 0. The fourth-order valence-electron chi connectivity index (χ4n) is 1.42. The van der Waals surface area contributed by atoms with Gasteiger partial charge in [-0.15, -0.1) is 0 Å². The van der Waals surface area contributed by atoms with Crippen molar-refractivity contribution in [3.63, 3.8) is 0 Å². The van der Waals surface area contributed by atoms with Gasteiger partial charge in [0.2, 0.25) is 0 Å². The van der Waals surface area contributed by atoms with Crippen molar-refractivity contribution < 1.29 is 4.74 Å². The highest BCUT2D eigenvalue weighted by Crippen LogP contribution is 2.09. The van der Waals surface area contributed by atoms with Crippen LogP contribution in [0.2, 0.25) is 0 Å². The molecule has 14 heavy (non-hydrogen) atoms. The molecule has 1 atom stereocenters. The number of hydrogen-bond acceptors (Lipinski definition) is 2. The van der Waals surface area contributed by atoms with Gasteiger partial charge >= 0.3 is 0 Å². The standard InChI is InChI=1S/C12H27NO/c1-5-7-9-10-12(13(3)4)14-11-8-6-2/h12H,5-11H2,1-4H3. The summed E-state index contributed by atoms with van der Waals surface area (Å²) in [5, 5.41) is 0. The minimum atomic E-state index is 0.327. The van der Waals surface area contributed by atoms with Crippen molar-refractivity contribution in [2.45, 2.75) is 58.6 Å². The Morgan fingerprint density at radius 2 is 1.64 bits per heavy atom. The molecule has 0 saturated carbocycles. The zero-order valence-corrected chi connectivity index (χ0v) is 10.4. The predicted molar refractivity (Wildman–Crippen MR) is 62.5 cm³/mol. The first-order valence-electron chi connectivity index (χ1n) is 6.00. The molecule has 0 aliphatic rings. The Balaban J connectivity index is 3.55. The van der Waals surface area contributed by atoms with Gasteiger partial charge in [0, 0.05) is 6.61 Å². The molecule has 0 bridgehead atoms. The quantitative estimate of drug-likeness (QED) is 0.419. The van der Waals surface area contributed by atoms with E-state index >= 15 is 0 Å². The van der Waals surface area contributed by atoms with Crippen molar-refractivity contribution in [1.29, 1.82) is 0 Å². The van der Waals surface area contributed by atoms with Crippen LogP contribution in [0.15, 0.2) is 0 Å². The first-order valence-corrected chi connectivity index (χ1v) is 6.00. The van der Waals surface area contributed by atoms with Crippen molar-refractivity contribution in [3.8, 4) is 0 Å². The van der Waals surface area contributed by atoms with E-state index in [1.807, 2.05) is 0 Å². The van der Waals surface area contributed by atoms with Gasteiger partial charge in [0.25, 0.3) is 0 Å². The van der Waals surface area contributed by atoms with E-state index in [9.17, 15) is 0 Å². The molecular formula is C12H27NO. The van der Waals surface area contributed by atoms with Crippen LogP contribution in [0.1, 0.15) is 52.4 Å². The van der Waals surface area contributed by atoms with E-state index in [2.05, 4.69) is 32.8 Å². The van der Waals surface area contributed by atoms with Gasteiger partial charge in [-0.1, -0.05) is 33.1 Å². The Labute approximate surface area is 89.6 Å². The molecule has 0 fully saturated rings. The highest BCUT2D eigenvalue weighted by Gasteiger charge is 2.10. The Morgan fingerprint density at radius 3 is 2.14 bits per heavy atom. The zero-order chi connectivity index (χ0) is 10.8. The second-order valence-corrected chi connectivity index (χ2v) is 4.14. The lowest BCUT2D eigenvalue weighted by molar-refractivity contribution is -0.0430. The van der Waals surface area contributed by atoms with E-state index in [1.54, 1.807) is 0 Å². The van der Waals surface area contributed by atoms with Crippen molar-refractivity contribution in [2.75, 3.05) is 20.7 Å². The van der Waals surface area contributed by atoms with E-state index in [-0.39, 0.29) is 0 Å². The predicted octanol–water partition coefficient (Wildman–Crippen LogP) is 3.27. The van der Waals surface area contributed by atoms with Gasteiger partial charge in [0.15, 0.2) is 0 Å². The zero-order valence-electron chi connectivity index (χ0n) is 10.4. The molecule has 0 aliphatic carbocycles. The van der Waals surface area contributed by atoms with E-state index in [4.69, 9.17) is 4.74 Å². The van der Waals surface area contributed by atoms with Crippen LogP contribution in [0.25, 0.3) is 0 Å². The summed E-state index contributed by atoms with van der Waals surface area (Å²) in [5.74, 6) is 0. The molecule has 0 amide bonds. The van der Waals surface area contributed by atoms with Crippen LogP contribution in [-0.4, -0.2) is 31.8 Å². The average molecular weight is 201 g/mol. The molecular weight excluding hydrogens is 174 g/mol. The summed E-state index contributed by atoms with van der Waals surface area (Å²) >= 11 is 0. The largest absolute Gasteiger partial charge is 0.363 e. The summed E-state index contributed by atoms with van der Waals surface area (Å²) in [5.41, 5.74) is 0. The highest BCUT2D eigenvalue weighted by atomic mass is 16.5. The first kappa shape index (κ1) is 13.9. The van der Waals surface area contributed by atoms with E-state index < -0.39 is 0 Å². The molecule has 0 heterocycles. The fraction of sp³-hybridized carbons (Fsp3) is 1.00. The molecule has 1 unspecified atom stereocenters. The summed E-state index contributed by atoms with van der Waals surface area (Å²) in [6.07, 6.45) is 7.79. The number of unbranched alkanes of at least 4 members (excludes halogenated alkanes) is 3. The summed E-state index contributed by atoms with van der Waals surface area (Å²) in [6.45, 7) is 5.35. The molecule has 86 valence electrons. The molecule has 0 radical (unpaired) electrons. The van der Waals surface area contributed by atoms with Crippen molar-refractivity contribution >= 4 is 0 Å². The highest BCUT2D eigenvalue weighted by molar-refractivity contribution is 4.55. The number of ether oxygens (including phenoxy) is 1. The van der Waals surface area contributed by atoms with E-state index in [1.165, 1.54) is 38.5 Å². The maximum absolute atomic E-state index is 5.82. The van der Waals surface area contributed by atoms with Gasteiger partial charge < -0.3 is 4.74 Å². The van der Waals surface area contributed by atoms with E-state index in [0.717, 1.165) is 6.61 Å². The van der Waals surface area contributed by atoms with Crippen molar-refractivity contribution in [2.24, 2.45) is 0 Å². The monoisotopic (exact) mass is 201 g/mol. The van der Waals surface area contributed by atoms with Crippen LogP contribution in [0.4, 0.5) is 0 Å². The topological polar surface area (TPSA) is 12.5 Å². The number of hydrogen-bond donors (Lipinski definition) is 0. The molecule has 0 aromatic heterocycles. The lowest BCUT2D eigenvalue weighted by atomic mass is 10.2. The first-order chi connectivity index (χ1) is 6.72. The van der Waals surface area contributed by atoms with Crippen LogP contribution in [0.3, 0.4) is 0 Å². The van der Waals surface area contributed by atoms with Gasteiger partial charge in [-0.3, -0.25) is 4.90 Å². The third-order valence-corrected chi connectivity index (χ3v) is 2.44. The van der Waals surface area contributed by atoms with Gasteiger partial charge in [-0.05, 0) is 33.4 Å². The van der Waals surface area contributed by atoms with Crippen molar-refractivity contribution in [3.05, 3.63) is 0 Å². The normalized spacial score (nSPS) is 13.5. The summed E-state index contributed by atoms with van der Waals surface area (Å²) in [7, 11) is 4.20. The van der Waals surface area contributed by atoms with Crippen molar-refractivity contribution in [1.82, 2.24) is 4.90 Å². The lowest BCUT2D eigenvalue weighted by Gasteiger charge is -2.24. The smallest absolute Gasteiger partial charge is 0.110 e. The second kappa shape index (κ2) is 9.47. The molecule has 0 N–H and O–H groups in total.